The van der Waals surface area contributed by atoms with E-state index in [-0.39, 0.29) is 18.6 Å². The third-order valence-electron chi connectivity index (χ3n) is 4.70. The van der Waals surface area contributed by atoms with E-state index in [1.54, 1.807) is 12.1 Å². The molecule has 4 rings (SSSR count). The highest BCUT2D eigenvalue weighted by atomic mass is 19.1. The summed E-state index contributed by atoms with van der Waals surface area (Å²) in [6.07, 6.45) is 0.920. The Hall–Kier alpha value is -2.76. The Labute approximate surface area is 145 Å². The van der Waals surface area contributed by atoms with E-state index in [2.05, 4.69) is 5.32 Å². The number of fused-ring (bicyclic) bond motifs is 1. The van der Waals surface area contributed by atoms with Crippen molar-refractivity contribution in [3.8, 4) is 11.5 Å². The van der Waals surface area contributed by atoms with Crippen LogP contribution < -0.4 is 14.8 Å². The van der Waals surface area contributed by atoms with E-state index in [0.717, 1.165) is 29.0 Å². The number of amides is 2. The Morgan fingerprint density at radius 3 is 2.80 bits per heavy atom. The zero-order chi connectivity index (χ0) is 17.2. The predicted octanol–water partition coefficient (Wildman–Crippen LogP) is 3.25. The summed E-state index contributed by atoms with van der Waals surface area (Å²) in [6.45, 7) is 2.05. The summed E-state index contributed by atoms with van der Waals surface area (Å²) in [5.41, 5.74) is 2.04. The van der Waals surface area contributed by atoms with Crippen LogP contribution in [-0.2, 0) is 6.54 Å². The molecule has 25 heavy (non-hydrogen) atoms. The fourth-order valence-electron chi connectivity index (χ4n) is 3.28. The van der Waals surface area contributed by atoms with Gasteiger partial charge in [0.2, 0.25) is 6.79 Å². The minimum Gasteiger partial charge on any atom is -0.454 e. The van der Waals surface area contributed by atoms with E-state index in [1.165, 1.54) is 12.1 Å². The fourth-order valence-corrected chi connectivity index (χ4v) is 3.28. The summed E-state index contributed by atoms with van der Waals surface area (Å²) in [4.78, 5) is 14.2. The van der Waals surface area contributed by atoms with E-state index >= 15 is 0 Å². The molecule has 0 saturated carbocycles. The first kappa shape index (κ1) is 15.7. The molecule has 130 valence electrons. The number of likely N-dealkylation sites (tertiary alicyclic amines) is 1. The lowest BCUT2D eigenvalue weighted by Gasteiger charge is -2.18. The molecule has 1 fully saturated rings. The summed E-state index contributed by atoms with van der Waals surface area (Å²) in [5.74, 6) is 1.57. The normalized spacial score (nSPS) is 18.4. The van der Waals surface area contributed by atoms with Gasteiger partial charge in [0.25, 0.3) is 0 Å². The zero-order valence-corrected chi connectivity index (χ0v) is 13.7. The lowest BCUT2D eigenvalue weighted by atomic mass is 9.98. The van der Waals surface area contributed by atoms with Crippen molar-refractivity contribution in [2.45, 2.75) is 18.9 Å². The highest BCUT2D eigenvalue weighted by molar-refractivity contribution is 5.74. The molecule has 2 heterocycles. The fraction of sp³-hybridized carbons (Fsp3) is 0.316. The Morgan fingerprint density at radius 2 is 1.96 bits per heavy atom. The first-order valence-electron chi connectivity index (χ1n) is 8.36. The molecule has 5 nitrogen and oxygen atoms in total. The van der Waals surface area contributed by atoms with E-state index in [1.807, 2.05) is 23.1 Å². The molecule has 1 saturated heterocycles. The topological polar surface area (TPSA) is 50.8 Å². The number of ether oxygens (including phenoxy) is 2. The van der Waals surface area contributed by atoms with Crippen LogP contribution in [0.5, 0.6) is 11.5 Å². The van der Waals surface area contributed by atoms with Gasteiger partial charge in [0.05, 0.1) is 0 Å². The van der Waals surface area contributed by atoms with Gasteiger partial charge in [0.1, 0.15) is 5.82 Å². The van der Waals surface area contributed by atoms with Crippen LogP contribution in [0, 0.1) is 5.82 Å². The van der Waals surface area contributed by atoms with Crippen molar-refractivity contribution in [1.29, 1.82) is 0 Å². The van der Waals surface area contributed by atoms with Gasteiger partial charge in [-0.3, -0.25) is 0 Å². The Morgan fingerprint density at radius 1 is 1.16 bits per heavy atom. The first-order chi connectivity index (χ1) is 12.2. The molecule has 0 unspecified atom stereocenters. The second-order valence-electron chi connectivity index (χ2n) is 6.33. The van der Waals surface area contributed by atoms with Gasteiger partial charge in [-0.2, -0.15) is 0 Å². The first-order valence-corrected chi connectivity index (χ1v) is 8.36. The number of halogens is 1. The maximum absolute atomic E-state index is 12.9. The van der Waals surface area contributed by atoms with Gasteiger partial charge in [-0.15, -0.1) is 0 Å². The maximum Gasteiger partial charge on any atom is 0.317 e. The van der Waals surface area contributed by atoms with E-state index in [9.17, 15) is 9.18 Å². The van der Waals surface area contributed by atoms with Crippen molar-refractivity contribution < 1.29 is 18.7 Å². The summed E-state index contributed by atoms with van der Waals surface area (Å²) < 4.78 is 23.7. The molecular formula is C19H19FN2O3. The van der Waals surface area contributed by atoms with Crippen molar-refractivity contribution >= 4 is 6.03 Å². The number of nitrogens with one attached hydrogen (secondary N) is 1. The molecule has 2 aromatic carbocycles. The van der Waals surface area contributed by atoms with E-state index in [0.29, 0.717) is 25.6 Å². The molecular weight excluding hydrogens is 323 g/mol. The molecule has 1 atom stereocenters. The number of hydrogen-bond donors (Lipinski definition) is 1. The van der Waals surface area contributed by atoms with Crippen LogP contribution in [0.4, 0.5) is 9.18 Å². The van der Waals surface area contributed by atoms with Gasteiger partial charge in [-0.25, -0.2) is 9.18 Å². The average molecular weight is 342 g/mol. The number of benzene rings is 2. The van der Waals surface area contributed by atoms with Gasteiger partial charge in [0.15, 0.2) is 11.5 Å². The second kappa shape index (κ2) is 6.63. The molecule has 2 aromatic rings. The minimum absolute atomic E-state index is 0.0902. The maximum atomic E-state index is 12.9. The smallest absolute Gasteiger partial charge is 0.317 e. The third kappa shape index (κ3) is 3.38. The standard InChI is InChI=1S/C19H19FN2O3/c20-16-4-1-13(2-5-16)10-21-19(23)22-8-7-15(11-22)14-3-6-17-18(9-14)25-12-24-17/h1-6,9,15H,7-8,10-12H2,(H,21,23)/t15-/m0/s1. The summed E-state index contributed by atoms with van der Waals surface area (Å²) in [6, 6.07) is 12.0. The lowest BCUT2D eigenvalue weighted by Crippen LogP contribution is -2.37. The van der Waals surface area contributed by atoms with E-state index in [4.69, 9.17) is 9.47 Å². The van der Waals surface area contributed by atoms with Crippen LogP contribution >= 0.6 is 0 Å². The summed E-state index contributed by atoms with van der Waals surface area (Å²) in [5, 5.41) is 2.89. The molecule has 0 aliphatic carbocycles. The molecule has 2 aliphatic rings. The highest BCUT2D eigenvalue weighted by Crippen LogP contribution is 2.37. The van der Waals surface area contributed by atoms with Gasteiger partial charge >= 0.3 is 6.03 Å². The monoisotopic (exact) mass is 342 g/mol. The zero-order valence-electron chi connectivity index (χ0n) is 13.7. The number of carbonyl (C=O) groups is 1. The number of rotatable bonds is 3. The molecule has 0 aromatic heterocycles. The minimum atomic E-state index is -0.277. The SMILES string of the molecule is O=C(NCc1ccc(F)cc1)N1CC[C@H](c2ccc3c(c2)OCO3)C1. The molecule has 0 radical (unpaired) electrons. The Kier molecular flexibility index (Phi) is 4.17. The Bertz CT molecular complexity index is 779. The van der Waals surface area contributed by atoms with E-state index < -0.39 is 0 Å². The van der Waals surface area contributed by atoms with Crippen molar-refractivity contribution in [3.05, 3.63) is 59.4 Å². The number of nitrogens with zero attached hydrogens (tertiary/aromatic N) is 1. The molecule has 0 bridgehead atoms. The van der Waals surface area contributed by atoms with Crippen LogP contribution in [0.15, 0.2) is 42.5 Å². The average Bonchev–Trinajstić information content (AvgIpc) is 3.29. The quantitative estimate of drug-likeness (QED) is 0.931. The molecule has 6 heteroatoms. The van der Waals surface area contributed by atoms with Gasteiger partial charge < -0.3 is 19.7 Å². The lowest BCUT2D eigenvalue weighted by molar-refractivity contribution is 0.174. The highest BCUT2D eigenvalue weighted by Gasteiger charge is 2.28. The van der Waals surface area contributed by atoms with Gasteiger partial charge in [-0.05, 0) is 41.8 Å². The number of carbonyl (C=O) groups excluding carboxylic acids is 1. The van der Waals surface area contributed by atoms with Gasteiger partial charge in [0, 0.05) is 25.6 Å². The van der Waals surface area contributed by atoms with Crippen LogP contribution in [-0.4, -0.2) is 30.8 Å². The number of urea groups is 1. The van der Waals surface area contributed by atoms with Crippen molar-refractivity contribution in [3.63, 3.8) is 0 Å². The molecule has 1 N–H and O–H groups in total. The number of hydrogen-bond acceptors (Lipinski definition) is 3. The molecule has 2 amide bonds. The molecule has 0 spiro atoms. The summed E-state index contributed by atoms with van der Waals surface area (Å²) >= 11 is 0. The van der Waals surface area contributed by atoms with Crippen LogP contribution in [0.2, 0.25) is 0 Å². The third-order valence-corrected chi connectivity index (χ3v) is 4.70. The Balaban J connectivity index is 1.34. The van der Waals surface area contributed by atoms with Crippen molar-refractivity contribution in [2.24, 2.45) is 0 Å². The van der Waals surface area contributed by atoms with Crippen LogP contribution in [0.1, 0.15) is 23.5 Å². The van der Waals surface area contributed by atoms with Gasteiger partial charge in [-0.1, -0.05) is 18.2 Å². The second-order valence-corrected chi connectivity index (χ2v) is 6.33. The van der Waals surface area contributed by atoms with Crippen molar-refractivity contribution in [2.75, 3.05) is 19.9 Å². The van der Waals surface area contributed by atoms with Crippen molar-refractivity contribution in [1.82, 2.24) is 10.2 Å². The van der Waals surface area contributed by atoms with Crippen LogP contribution in [0.25, 0.3) is 0 Å². The van der Waals surface area contributed by atoms with Crippen LogP contribution in [0.3, 0.4) is 0 Å². The summed E-state index contributed by atoms with van der Waals surface area (Å²) in [7, 11) is 0. The molecule has 2 aliphatic heterocycles. The largest absolute Gasteiger partial charge is 0.454 e. The predicted molar refractivity (Wildman–Crippen MR) is 90.1 cm³/mol.